The van der Waals surface area contributed by atoms with Gasteiger partial charge in [-0.3, -0.25) is 4.68 Å². The summed E-state index contributed by atoms with van der Waals surface area (Å²) in [6.07, 6.45) is 5.96. The third-order valence-corrected chi connectivity index (χ3v) is 5.04. The highest BCUT2D eigenvalue weighted by atomic mass is 16.5. The van der Waals surface area contributed by atoms with Gasteiger partial charge >= 0.3 is 0 Å². The number of para-hydroxylation sites is 1. The number of rotatable bonds is 2. The molecule has 0 saturated carbocycles. The Morgan fingerprint density at radius 1 is 1.24 bits per heavy atom. The maximum atomic E-state index is 5.96. The van der Waals surface area contributed by atoms with E-state index in [1.54, 1.807) is 0 Å². The van der Waals surface area contributed by atoms with E-state index in [-0.39, 0.29) is 6.04 Å². The van der Waals surface area contributed by atoms with Gasteiger partial charge in [0.15, 0.2) is 5.82 Å². The lowest BCUT2D eigenvalue weighted by atomic mass is 10.0. The van der Waals surface area contributed by atoms with Crippen LogP contribution in [0.4, 0.5) is 0 Å². The van der Waals surface area contributed by atoms with Gasteiger partial charge in [0.05, 0.1) is 11.7 Å². The van der Waals surface area contributed by atoms with E-state index in [0.717, 1.165) is 49.7 Å². The largest absolute Gasteiger partial charge is 0.491 e. The summed E-state index contributed by atoms with van der Waals surface area (Å²) in [7, 11) is 0. The molecule has 0 spiro atoms. The minimum atomic E-state index is 0.243. The van der Waals surface area contributed by atoms with Crippen molar-refractivity contribution in [1.29, 1.82) is 0 Å². The molecule has 0 unspecified atom stereocenters. The number of ether oxygens (including phenoxy) is 1. The number of benzene rings is 1. The minimum Gasteiger partial charge on any atom is -0.491 e. The normalized spacial score (nSPS) is 19.6. The number of nitrogens with one attached hydrogen (secondary N) is 1. The van der Waals surface area contributed by atoms with Crippen LogP contribution in [0.2, 0.25) is 0 Å². The minimum absolute atomic E-state index is 0.243. The standard InChI is InChI=1S/C19H21N5O/c1-2-5-18-14(4-1)10-16(13-25-18)23-9-7-21-19(23)17-11-15-12-20-6-3-8-24(15)22-17/h1-2,4-5,7,9,11,16,20H,3,6,8,10,12-13H2/t16-/m1/s1. The van der Waals surface area contributed by atoms with Crippen LogP contribution in [0.3, 0.4) is 0 Å². The second-order valence-corrected chi connectivity index (χ2v) is 6.71. The molecular weight excluding hydrogens is 314 g/mol. The van der Waals surface area contributed by atoms with Gasteiger partial charge in [0.2, 0.25) is 0 Å². The number of hydrogen-bond donors (Lipinski definition) is 1. The molecule has 0 bridgehead atoms. The van der Waals surface area contributed by atoms with Crippen LogP contribution in [-0.4, -0.2) is 32.5 Å². The monoisotopic (exact) mass is 335 g/mol. The Hall–Kier alpha value is -2.60. The van der Waals surface area contributed by atoms with Gasteiger partial charge in [0.25, 0.3) is 0 Å². The quantitative estimate of drug-likeness (QED) is 0.781. The highest BCUT2D eigenvalue weighted by Crippen LogP contribution is 2.31. The van der Waals surface area contributed by atoms with E-state index in [1.165, 1.54) is 11.3 Å². The van der Waals surface area contributed by atoms with E-state index in [9.17, 15) is 0 Å². The molecule has 3 aromatic rings. The lowest BCUT2D eigenvalue weighted by Gasteiger charge is -2.27. The molecule has 128 valence electrons. The third-order valence-electron chi connectivity index (χ3n) is 5.04. The van der Waals surface area contributed by atoms with E-state index in [1.807, 2.05) is 24.5 Å². The lowest BCUT2D eigenvalue weighted by Crippen LogP contribution is -2.24. The van der Waals surface area contributed by atoms with Crippen molar-refractivity contribution in [3.8, 4) is 17.3 Å². The fourth-order valence-electron chi connectivity index (χ4n) is 3.77. The molecule has 6 nitrogen and oxygen atoms in total. The van der Waals surface area contributed by atoms with E-state index in [2.05, 4.69) is 37.7 Å². The van der Waals surface area contributed by atoms with Crippen molar-refractivity contribution in [3.63, 3.8) is 0 Å². The van der Waals surface area contributed by atoms with Gasteiger partial charge in [-0.2, -0.15) is 5.10 Å². The molecule has 1 atom stereocenters. The summed E-state index contributed by atoms with van der Waals surface area (Å²) in [6.45, 7) is 3.54. The third kappa shape index (κ3) is 2.62. The Balaban J connectivity index is 1.47. The maximum absolute atomic E-state index is 5.96. The first-order valence-corrected chi connectivity index (χ1v) is 8.90. The van der Waals surface area contributed by atoms with Gasteiger partial charge in [-0.15, -0.1) is 0 Å². The average molecular weight is 335 g/mol. The molecule has 2 aliphatic heterocycles. The molecule has 4 heterocycles. The Morgan fingerprint density at radius 3 is 3.20 bits per heavy atom. The van der Waals surface area contributed by atoms with Gasteiger partial charge in [-0.1, -0.05) is 18.2 Å². The Morgan fingerprint density at radius 2 is 2.20 bits per heavy atom. The average Bonchev–Trinajstić information content (AvgIpc) is 3.23. The Bertz CT molecular complexity index is 873. The smallest absolute Gasteiger partial charge is 0.160 e. The van der Waals surface area contributed by atoms with E-state index in [0.29, 0.717) is 6.61 Å². The zero-order valence-electron chi connectivity index (χ0n) is 14.1. The molecule has 0 fully saturated rings. The van der Waals surface area contributed by atoms with Crippen molar-refractivity contribution in [2.75, 3.05) is 13.2 Å². The van der Waals surface area contributed by atoms with Crippen molar-refractivity contribution in [3.05, 3.63) is 54.0 Å². The predicted molar refractivity (Wildman–Crippen MR) is 94.4 cm³/mol. The molecule has 0 radical (unpaired) electrons. The van der Waals surface area contributed by atoms with Crippen molar-refractivity contribution in [2.45, 2.75) is 32.0 Å². The number of hydrogen-bond acceptors (Lipinski definition) is 4. The molecular formula is C19H21N5O. The van der Waals surface area contributed by atoms with Gasteiger partial charge in [-0.25, -0.2) is 4.98 Å². The van der Waals surface area contributed by atoms with Crippen molar-refractivity contribution in [2.24, 2.45) is 0 Å². The molecule has 0 saturated heterocycles. The molecule has 1 N–H and O–H groups in total. The second kappa shape index (κ2) is 6.04. The fraction of sp³-hybridized carbons (Fsp3) is 0.368. The lowest BCUT2D eigenvalue weighted by molar-refractivity contribution is 0.225. The zero-order valence-corrected chi connectivity index (χ0v) is 14.1. The van der Waals surface area contributed by atoms with Crippen LogP contribution < -0.4 is 10.1 Å². The first-order chi connectivity index (χ1) is 12.4. The number of imidazole rings is 1. The summed E-state index contributed by atoms with van der Waals surface area (Å²) in [4.78, 5) is 4.60. The van der Waals surface area contributed by atoms with E-state index < -0.39 is 0 Å². The molecule has 0 aliphatic carbocycles. The first-order valence-electron chi connectivity index (χ1n) is 8.90. The number of aromatic nitrogens is 4. The van der Waals surface area contributed by atoms with E-state index in [4.69, 9.17) is 9.84 Å². The van der Waals surface area contributed by atoms with Crippen LogP contribution in [-0.2, 0) is 19.5 Å². The molecule has 2 aromatic heterocycles. The zero-order chi connectivity index (χ0) is 16.6. The highest BCUT2D eigenvalue weighted by Gasteiger charge is 2.24. The Labute approximate surface area is 146 Å². The number of aryl methyl sites for hydroxylation is 1. The summed E-state index contributed by atoms with van der Waals surface area (Å²) in [6, 6.07) is 10.7. The van der Waals surface area contributed by atoms with Crippen LogP contribution >= 0.6 is 0 Å². The number of fused-ring (bicyclic) bond motifs is 2. The van der Waals surface area contributed by atoms with Crippen LogP contribution in [0.1, 0.15) is 23.7 Å². The topological polar surface area (TPSA) is 56.9 Å². The molecule has 6 heteroatoms. The van der Waals surface area contributed by atoms with Gasteiger partial charge in [0, 0.05) is 31.9 Å². The molecule has 25 heavy (non-hydrogen) atoms. The highest BCUT2D eigenvalue weighted by molar-refractivity contribution is 5.51. The summed E-state index contributed by atoms with van der Waals surface area (Å²) < 4.78 is 10.3. The summed E-state index contributed by atoms with van der Waals surface area (Å²) >= 11 is 0. The SMILES string of the molecule is c1ccc2c(c1)C[C@@H](n1ccnc1-c1cc3n(n1)CCCNC3)CO2. The predicted octanol–water partition coefficient (Wildman–Crippen LogP) is 2.42. The maximum Gasteiger partial charge on any atom is 0.160 e. The number of nitrogens with zero attached hydrogens (tertiary/aromatic N) is 4. The van der Waals surface area contributed by atoms with Crippen LogP contribution in [0.25, 0.3) is 11.5 Å². The van der Waals surface area contributed by atoms with Crippen molar-refractivity contribution >= 4 is 0 Å². The summed E-state index contributed by atoms with van der Waals surface area (Å²) in [5.41, 5.74) is 3.43. The second-order valence-electron chi connectivity index (χ2n) is 6.71. The van der Waals surface area contributed by atoms with Crippen LogP contribution in [0.5, 0.6) is 5.75 Å². The fourth-order valence-corrected chi connectivity index (χ4v) is 3.77. The van der Waals surface area contributed by atoms with Crippen LogP contribution in [0.15, 0.2) is 42.7 Å². The van der Waals surface area contributed by atoms with Gasteiger partial charge in [0.1, 0.15) is 18.1 Å². The summed E-state index contributed by atoms with van der Waals surface area (Å²) in [5, 5.41) is 8.25. The molecule has 1 aromatic carbocycles. The Kier molecular flexibility index (Phi) is 3.56. The van der Waals surface area contributed by atoms with Crippen molar-refractivity contribution in [1.82, 2.24) is 24.6 Å². The van der Waals surface area contributed by atoms with Crippen LogP contribution in [0, 0.1) is 0 Å². The molecule has 5 rings (SSSR count). The molecule has 2 aliphatic rings. The molecule has 0 amide bonds. The first kappa shape index (κ1) is 14.7. The van der Waals surface area contributed by atoms with E-state index >= 15 is 0 Å². The summed E-state index contributed by atoms with van der Waals surface area (Å²) in [5.74, 6) is 1.92. The van der Waals surface area contributed by atoms with Gasteiger partial charge < -0.3 is 14.6 Å². The van der Waals surface area contributed by atoms with Crippen molar-refractivity contribution < 1.29 is 4.74 Å². The van der Waals surface area contributed by atoms with Gasteiger partial charge in [-0.05, 0) is 30.7 Å².